The third kappa shape index (κ3) is 2.63. The molecule has 1 spiro atoms. The second-order valence-electron chi connectivity index (χ2n) is 5.97. The molecule has 0 bridgehead atoms. The molecule has 0 unspecified atom stereocenters. The molecule has 1 N–H and O–H groups in total. The molecule has 0 atom stereocenters. The van der Waals surface area contributed by atoms with E-state index >= 15 is 0 Å². The van der Waals surface area contributed by atoms with Crippen LogP contribution in [0.1, 0.15) is 19.3 Å². The highest BCUT2D eigenvalue weighted by Crippen LogP contribution is 2.39. The van der Waals surface area contributed by atoms with Crippen molar-refractivity contribution in [3.63, 3.8) is 0 Å². The first kappa shape index (κ1) is 13.4. The maximum absolute atomic E-state index is 12.2. The highest BCUT2D eigenvalue weighted by Gasteiger charge is 2.43. The van der Waals surface area contributed by atoms with E-state index in [0.29, 0.717) is 19.5 Å². The van der Waals surface area contributed by atoms with Crippen LogP contribution in [0, 0.1) is 5.41 Å². The zero-order valence-electron chi connectivity index (χ0n) is 11.7. The minimum Gasteiger partial charge on any atom is -0.340 e. The maximum Gasteiger partial charge on any atom is 0.250 e. The van der Waals surface area contributed by atoms with Gasteiger partial charge in [-0.3, -0.25) is 9.59 Å². The quantitative estimate of drug-likeness (QED) is 0.871. The van der Waals surface area contributed by atoms with Crippen LogP contribution in [-0.4, -0.2) is 41.6 Å². The van der Waals surface area contributed by atoms with Gasteiger partial charge in [0.15, 0.2) is 0 Å². The standard InChI is InChI=1S/C15H21N3O2/c19-13-3-1-2-8-17(13)9-10-18-12-15(11-14(18)20)4-6-16-7-5-15/h1-3,8,16H,4-7,9-12H2. The second kappa shape index (κ2) is 5.40. The number of hydrogen-bond acceptors (Lipinski definition) is 3. The molecule has 5 heteroatoms. The molecule has 2 aliphatic rings. The number of amides is 1. The summed E-state index contributed by atoms with van der Waals surface area (Å²) in [6, 6.07) is 5.14. The van der Waals surface area contributed by atoms with Gasteiger partial charge in [-0.1, -0.05) is 6.07 Å². The van der Waals surface area contributed by atoms with Crippen molar-refractivity contribution in [3.05, 3.63) is 34.7 Å². The fourth-order valence-electron chi connectivity index (χ4n) is 3.35. The van der Waals surface area contributed by atoms with Gasteiger partial charge in [-0.2, -0.15) is 0 Å². The molecule has 20 heavy (non-hydrogen) atoms. The average molecular weight is 275 g/mol. The van der Waals surface area contributed by atoms with Crippen molar-refractivity contribution in [2.45, 2.75) is 25.8 Å². The van der Waals surface area contributed by atoms with Gasteiger partial charge >= 0.3 is 0 Å². The van der Waals surface area contributed by atoms with Gasteiger partial charge in [0.1, 0.15) is 0 Å². The van der Waals surface area contributed by atoms with Crippen LogP contribution in [0.4, 0.5) is 0 Å². The molecule has 2 saturated heterocycles. The van der Waals surface area contributed by atoms with Gasteiger partial charge in [0.2, 0.25) is 5.91 Å². The summed E-state index contributed by atoms with van der Waals surface area (Å²) in [5.41, 5.74) is 0.181. The Balaban J connectivity index is 1.62. The third-order valence-electron chi connectivity index (χ3n) is 4.58. The topological polar surface area (TPSA) is 54.3 Å². The second-order valence-corrected chi connectivity index (χ2v) is 5.97. The average Bonchev–Trinajstić information content (AvgIpc) is 2.74. The number of aromatic nitrogens is 1. The Hall–Kier alpha value is -1.62. The Morgan fingerprint density at radius 1 is 1.15 bits per heavy atom. The van der Waals surface area contributed by atoms with Crippen molar-refractivity contribution >= 4 is 5.91 Å². The lowest BCUT2D eigenvalue weighted by atomic mass is 9.78. The normalized spacial score (nSPS) is 21.6. The molecular weight excluding hydrogens is 254 g/mol. The molecule has 1 aromatic rings. The first-order valence-electron chi connectivity index (χ1n) is 7.33. The van der Waals surface area contributed by atoms with Crippen LogP contribution >= 0.6 is 0 Å². The van der Waals surface area contributed by atoms with E-state index in [-0.39, 0.29) is 16.9 Å². The molecule has 2 aliphatic heterocycles. The smallest absolute Gasteiger partial charge is 0.250 e. The van der Waals surface area contributed by atoms with Crippen molar-refractivity contribution in [2.75, 3.05) is 26.2 Å². The van der Waals surface area contributed by atoms with E-state index in [2.05, 4.69) is 5.32 Å². The number of hydrogen-bond donors (Lipinski definition) is 1. The number of nitrogens with one attached hydrogen (secondary N) is 1. The van der Waals surface area contributed by atoms with Crippen LogP contribution in [0.3, 0.4) is 0 Å². The zero-order chi connectivity index (χ0) is 14.0. The van der Waals surface area contributed by atoms with Crippen molar-refractivity contribution < 1.29 is 4.79 Å². The predicted molar refractivity (Wildman–Crippen MR) is 76.4 cm³/mol. The van der Waals surface area contributed by atoms with Crippen molar-refractivity contribution in [1.29, 1.82) is 0 Å². The summed E-state index contributed by atoms with van der Waals surface area (Å²) >= 11 is 0. The Kier molecular flexibility index (Phi) is 3.61. The molecular formula is C15H21N3O2. The number of carbonyl (C=O) groups is 1. The number of nitrogens with zero attached hydrogens (tertiary/aromatic N) is 2. The molecule has 3 rings (SSSR count). The number of likely N-dealkylation sites (tertiary alicyclic amines) is 1. The van der Waals surface area contributed by atoms with E-state index in [0.717, 1.165) is 32.5 Å². The van der Waals surface area contributed by atoms with Gasteiger partial charge < -0.3 is 14.8 Å². The van der Waals surface area contributed by atoms with Crippen molar-refractivity contribution in [3.8, 4) is 0 Å². The summed E-state index contributed by atoms with van der Waals surface area (Å²) in [6.45, 7) is 4.10. The van der Waals surface area contributed by atoms with E-state index in [9.17, 15) is 9.59 Å². The summed E-state index contributed by atoms with van der Waals surface area (Å²) in [7, 11) is 0. The summed E-state index contributed by atoms with van der Waals surface area (Å²) in [5.74, 6) is 0.246. The van der Waals surface area contributed by atoms with E-state index in [1.165, 1.54) is 0 Å². The van der Waals surface area contributed by atoms with Crippen LogP contribution in [0.2, 0.25) is 0 Å². The Labute approximate surface area is 118 Å². The Morgan fingerprint density at radius 2 is 1.95 bits per heavy atom. The first-order valence-corrected chi connectivity index (χ1v) is 7.33. The molecule has 0 aromatic carbocycles. The van der Waals surface area contributed by atoms with Crippen LogP contribution in [-0.2, 0) is 11.3 Å². The largest absolute Gasteiger partial charge is 0.340 e. The molecule has 5 nitrogen and oxygen atoms in total. The number of piperidine rings is 1. The van der Waals surface area contributed by atoms with Crippen molar-refractivity contribution in [1.82, 2.24) is 14.8 Å². The number of rotatable bonds is 3. The van der Waals surface area contributed by atoms with Gasteiger partial charge in [-0.15, -0.1) is 0 Å². The van der Waals surface area contributed by atoms with E-state index < -0.39 is 0 Å². The highest BCUT2D eigenvalue weighted by molar-refractivity contribution is 5.79. The molecule has 3 heterocycles. The van der Waals surface area contributed by atoms with E-state index in [4.69, 9.17) is 0 Å². The zero-order valence-corrected chi connectivity index (χ0v) is 11.7. The number of pyridine rings is 1. The van der Waals surface area contributed by atoms with Gasteiger partial charge in [-0.05, 0) is 37.4 Å². The minimum atomic E-state index is -0.00396. The fourth-order valence-corrected chi connectivity index (χ4v) is 3.35. The van der Waals surface area contributed by atoms with E-state index in [1.54, 1.807) is 22.9 Å². The Morgan fingerprint density at radius 3 is 2.70 bits per heavy atom. The summed E-state index contributed by atoms with van der Waals surface area (Å²) in [4.78, 5) is 25.8. The molecule has 0 saturated carbocycles. The van der Waals surface area contributed by atoms with Crippen LogP contribution in [0.25, 0.3) is 0 Å². The molecule has 1 aromatic heterocycles. The van der Waals surface area contributed by atoms with Gasteiger partial charge in [0.05, 0.1) is 0 Å². The molecule has 0 aliphatic carbocycles. The highest BCUT2D eigenvalue weighted by atomic mass is 16.2. The summed E-state index contributed by atoms with van der Waals surface area (Å²) in [6.07, 6.45) is 4.63. The number of carbonyl (C=O) groups excluding carboxylic acids is 1. The summed E-state index contributed by atoms with van der Waals surface area (Å²) in [5, 5.41) is 3.36. The third-order valence-corrected chi connectivity index (χ3v) is 4.58. The molecule has 108 valence electrons. The lowest BCUT2D eigenvalue weighted by Gasteiger charge is -2.33. The summed E-state index contributed by atoms with van der Waals surface area (Å²) < 4.78 is 1.67. The molecule has 2 fully saturated rings. The van der Waals surface area contributed by atoms with Crippen LogP contribution in [0.5, 0.6) is 0 Å². The lowest BCUT2D eigenvalue weighted by Crippen LogP contribution is -2.39. The Bertz CT molecular complexity index is 546. The van der Waals surface area contributed by atoms with Gasteiger partial charge in [0.25, 0.3) is 5.56 Å². The predicted octanol–water partition coefficient (Wildman–Crippen LogP) is 0.450. The fraction of sp³-hybridized carbons (Fsp3) is 0.600. The first-order chi connectivity index (χ1) is 9.69. The van der Waals surface area contributed by atoms with Crippen LogP contribution < -0.4 is 10.9 Å². The molecule has 1 amide bonds. The van der Waals surface area contributed by atoms with Crippen molar-refractivity contribution in [2.24, 2.45) is 5.41 Å². The molecule has 0 radical (unpaired) electrons. The SMILES string of the molecule is O=C1CC2(CCNCC2)CN1CCn1ccccc1=O. The minimum absolute atomic E-state index is 0.00396. The van der Waals surface area contributed by atoms with Crippen LogP contribution in [0.15, 0.2) is 29.2 Å². The van der Waals surface area contributed by atoms with Gasteiger partial charge in [0, 0.05) is 38.3 Å². The van der Waals surface area contributed by atoms with E-state index in [1.807, 2.05) is 11.0 Å². The monoisotopic (exact) mass is 275 g/mol. The van der Waals surface area contributed by atoms with Gasteiger partial charge in [-0.25, -0.2) is 0 Å². The lowest BCUT2D eigenvalue weighted by molar-refractivity contribution is -0.127. The maximum atomic E-state index is 12.2.